The SMILES string of the molecule is CCN(C)CCNc1cc(NC)nc(C2CC2)n1. The molecule has 0 unspecified atom stereocenters. The van der Waals surface area contributed by atoms with E-state index in [1.54, 1.807) is 0 Å². The Kier molecular flexibility index (Phi) is 4.36. The second-order valence-corrected chi connectivity index (χ2v) is 4.84. The molecule has 0 spiro atoms. The molecule has 100 valence electrons. The molecule has 18 heavy (non-hydrogen) atoms. The zero-order chi connectivity index (χ0) is 13.0. The fraction of sp³-hybridized carbons (Fsp3) is 0.692. The summed E-state index contributed by atoms with van der Waals surface area (Å²) in [5.41, 5.74) is 0. The normalized spacial score (nSPS) is 14.9. The van der Waals surface area contributed by atoms with E-state index >= 15 is 0 Å². The lowest BCUT2D eigenvalue weighted by molar-refractivity contribution is 0.367. The van der Waals surface area contributed by atoms with Crippen LogP contribution in [0.3, 0.4) is 0 Å². The zero-order valence-electron chi connectivity index (χ0n) is 11.5. The van der Waals surface area contributed by atoms with Crippen LogP contribution in [0.2, 0.25) is 0 Å². The van der Waals surface area contributed by atoms with Gasteiger partial charge in [-0.1, -0.05) is 6.92 Å². The van der Waals surface area contributed by atoms with E-state index < -0.39 is 0 Å². The third-order valence-electron chi connectivity index (χ3n) is 3.28. The monoisotopic (exact) mass is 249 g/mol. The van der Waals surface area contributed by atoms with Crippen LogP contribution in [-0.4, -0.2) is 48.6 Å². The van der Waals surface area contributed by atoms with Crippen molar-refractivity contribution in [2.75, 3.05) is 44.4 Å². The molecule has 0 bridgehead atoms. The molecule has 5 nitrogen and oxygen atoms in total. The highest BCUT2D eigenvalue weighted by Gasteiger charge is 2.27. The molecule has 1 aromatic heterocycles. The second kappa shape index (κ2) is 6.00. The van der Waals surface area contributed by atoms with Gasteiger partial charge in [-0.3, -0.25) is 0 Å². The van der Waals surface area contributed by atoms with E-state index in [4.69, 9.17) is 0 Å². The molecule has 0 radical (unpaired) electrons. The van der Waals surface area contributed by atoms with Crippen molar-refractivity contribution in [1.82, 2.24) is 14.9 Å². The lowest BCUT2D eigenvalue weighted by Crippen LogP contribution is -2.25. The first-order valence-electron chi connectivity index (χ1n) is 6.72. The molecule has 1 saturated carbocycles. The second-order valence-electron chi connectivity index (χ2n) is 4.84. The van der Waals surface area contributed by atoms with Crippen molar-refractivity contribution in [3.63, 3.8) is 0 Å². The molecule has 0 atom stereocenters. The highest BCUT2D eigenvalue weighted by molar-refractivity contribution is 5.47. The van der Waals surface area contributed by atoms with E-state index in [2.05, 4.69) is 39.5 Å². The number of rotatable bonds is 7. The number of nitrogens with zero attached hydrogens (tertiary/aromatic N) is 3. The average Bonchev–Trinajstić information content (AvgIpc) is 3.22. The smallest absolute Gasteiger partial charge is 0.136 e. The van der Waals surface area contributed by atoms with Crippen LogP contribution in [0.5, 0.6) is 0 Å². The van der Waals surface area contributed by atoms with Crippen molar-refractivity contribution < 1.29 is 0 Å². The average molecular weight is 249 g/mol. The van der Waals surface area contributed by atoms with Gasteiger partial charge in [-0.05, 0) is 26.4 Å². The van der Waals surface area contributed by atoms with Crippen molar-refractivity contribution in [1.29, 1.82) is 0 Å². The van der Waals surface area contributed by atoms with Gasteiger partial charge in [0.2, 0.25) is 0 Å². The van der Waals surface area contributed by atoms with E-state index in [0.717, 1.165) is 37.1 Å². The number of anilines is 2. The van der Waals surface area contributed by atoms with Crippen LogP contribution in [0.15, 0.2) is 6.07 Å². The molecule has 0 amide bonds. The van der Waals surface area contributed by atoms with Gasteiger partial charge in [-0.15, -0.1) is 0 Å². The van der Waals surface area contributed by atoms with Crippen molar-refractivity contribution >= 4 is 11.6 Å². The van der Waals surface area contributed by atoms with Gasteiger partial charge in [0.15, 0.2) is 0 Å². The summed E-state index contributed by atoms with van der Waals surface area (Å²) in [5, 5.41) is 6.47. The molecule has 0 saturated heterocycles. The standard InChI is InChI=1S/C13H23N5/c1-4-18(3)8-7-15-12-9-11(14-2)16-13(17-12)10-5-6-10/h9-10H,4-8H2,1-3H3,(H2,14,15,16,17). The van der Waals surface area contributed by atoms with Crippen molar-refractivity contribution in [2.24, 2.45) is 0 Å². The fourth-order valence-corrected chi connectivity index (χ4v) is 1.74. The minimum Gasteiger partial charge on any atom is -0.373 e. The zero-order valence-corrected chi connectivity index (χ0v) is 11.5. The molecular formula is C13H23N5. The van der Waals surface area contributed by atoms with E-state index in [1.165, 1.54) is 12.8 Å². The summed E-state index contributed by atoms with van der Waals surface area (Å²) >= 11 is 0. The number of hydrogen-bond acceptors (Lipinski definition) is 5. The number of aromatic nitrogens is 2. The van der Waals surface area contributed by atoms with Crippen LogP contribution in [0.25, 0.3) is 0 Å². The van der Waals surface area contributed by atoms with Gasteiger partial charge in [-0.2, -0.15) is 0 Å². The molecule has 1 aliphatic rings. The number of likely N-dealkylation sites (N-methyl/N-ethyl adjacent to an activating group) is 1. The van der Waals surface area contributed by atoms with E-state index in [9.17, 15) is 0 Å². The first kappa shape index (κ1) is 13.1. The molecule has 2 N–H and O–H groups in total. The minimum atomic E-state index is 0.581. The summed E-state index contributed by atoms with van der Waals surface area (Å²) in [6.07, 6.45) is 2.45. The largest absolute Gasteiger partial charge is 0.373 e. The van der Waals surface area contributed by atoms with Crippen molar-refractivity contribution in [3.05, 3.63) is 11.9 Å². The lowest BCUT2D eigenvalue weighted by atomic mass is 10.3. The lowest BCUT2D eigenvalue weighted by Gasteiger charge is -2.15. The maximum atomic E-state index is 4.59. The van der Waals surface area contributed by atoms with Crippen molar-refractivity contribution in [2.45, 2.75) is 25.7 Å². The minimum absolute atomic E-state index is 0.581. The Morgan fingerprint density at radius 1 is 1.33 bits per heavy atom. The summed E-state index contributed by atoms with van der Waals surface area (Å²) in [6, 6.07) is 1.97. The van der Waals surface area contributed by atoms with E-state index in [-0.39, 0.29) is 0 Å². The Morgan fingerprint density at radius 3 is 2.67 bits per heavy atom. The molecule has 0 aromatic carbocycles. The van der Waals surface area contributed by atoms with Crippen LogP contribution in [0.4, 0.5) is 11.6 Å². The highest BCUT2D eigenvalue weighted by Crippen LogP contribution is 2.38. The Balaban J connectivity index is 1.96. The summed E-state index contributed by atoms with van der Waals surface area (Å²) in [7, 11) is 4.02. The predicted octanol–water partition coefficient (Wildman–Crippen LogP) is 1.76. The first-order valence-corrected chi connectivity index (χ1v) is 6.72. The van der Waals surface area contributed by atoms with Gasteiger partial charge >= 0.3 is 0 Å². The van der Waals surface area contributed by atoms with Crippen LogP contribution < -0.4 is 10.6 Å². The van der Waals surface area contributed by atoms with Gasteiger partial charge in [0.05, 0.1) is 0 Å². The summed E-state index contributed by atoms with van der Waals surface area (Å²) < 4.78 is 0. The maximum absolute atomic E-state index is 4.59. The Morgan fingerprint density at radius 2 is 2.06 bits per heavy atom. The molecule has 2 rings (SSSR count). The first-order chi connectivity index (χ1) is 8.72. The summed E-state index contributed by atoms with van der Waals surface area (Å²) in [6.45, 7) is 5.16. The van der Waals surface area contributed by atoms with Crippen LogP contribution >= 0.6 is 0 Å². The topological polar surface area (TPSA) is 53.1 Å². The van der Waals surface area contributed by atoms with Crippen molar-refractivity contribution in [3.8, 4) is 0 Å². The van der Waals surface area contributed by atoms with Crippen LogP contribution in [-0.2, 0) is 0 Å². The van der Waals surface area contributed by atoms with Gasteiger partial charge in [-0.25, -0.2) is 9.97 Å². The maximum Gasteiger partial charge on any atom is 0.136 e. The van der Waals surface area contributed by atoms with Gasteiger partial charge in [0, 0.05) is 32.1 Å². The summed E-state index contributed by atoms with van der Waals surface area (Å²) in [5.74, 6) is 3.39. The molecule has 0 aliphatic heterocycles. The van der Waals surface area contributed by atoms with E-state index in [1.807, 2.05) is 13.1 Å². The number of nitrogens with one attached hydrogen (secondary N) is 2. The van der Waals surface area contributed by atoms with Gasteiger partial charge in [0.1, 0.15) is 17.5 Å². The van der Waals surface area contributed by atoms with Crippen LogP contribution in [0.1, 0.15) is 31.5 Å². The van der Waals surface area contributed by atoms with Gasteiger partial charge in [0.25, 0.3) is 0 Å². The van der Waals surface area contributed by atoms with E-state index in [0.29, 0.717) is 5.92 Å². The highest BCUT2D eigenvalue weighted by atomic mass is 15.1. The molecule has 1 aromatic rings. The van der Waals surface area contributed by atoms with Crippen LogP contribution in [0, 0.1) is 0 Å². The number of hydrogen-bond donors (Lipinski definition) is 2. The molecule has 1 heterocycles. The molecule has 1 fully saturated rings. The fourth-order valence-electron chi connectivity index (χ4n) is 1.74. The Hall–Kier alpha value is -1.36. The quantitative estimate of drug-likeness (QED) is 0.771. The Bertz CT molecular complexity index is 389. The summed E-state index contributed by atoms with van der Waals surface area (Å²) in [4.78, 5) is 11.4. The third-order valence-corrected chi connectivity index (χ3v) is 3.28. The van der Waals surface area contributed by atoms with Gasteiger partial charge < -0.3 is 15.5 Å². The predicted molar refractivity (Wildman–Crippen MR) is 75.2 cm³/mol. The molecular weight excluding hydrogens is 226 g/mol. The Labute approximate surface area is 109 Å². The molecule has 1 aliphatic carbocycles. The third kappa shape index (κ3) is 3.57. The molecule has 5 heteroatoms.